The molecule has 114 valence electrons. The van der Waals surface area contributed by atoms with Gasteiger partial charge in [0.1, 0.15) is 5.75 Å². The maximum Gasteiger partial charge on any atom is 0.225 e. The SMILES string of the molecule is COc1ccc(CN2CCN(C(=O)C3CC3)CC2)cc1C. The van der Waals surface area contributed by atoms with Crippen molar-refractivity contribution in [3.63, 3.8) is 0 Å². The lowest BCUT2D eigenvalue weighted by Gasteiger charge is -2.35. The van der Waals surface area contributed by atoms with Crippen LogP contribution in [0.1, 0.15) is 24.0 Å². The molecule has 1 aliphatic heterocycles. The molecular weight excluding hydrogens is 264 g/mol. The minimum atomic E-state index is 0.348. The Hall–Kier alpha value is -1.55. The third-order valence-corrected chi connectivity index (χ3v) is 4.48. The van der Waals surface area contributed by atoms with Gasteiger partial charge in [0.25, 0.3) is 0 Å². The maximum absolute atomic E-state index is 12.0. The molecule has 1 heterocycles. The quantitative estimate of drug-likeness (QED) is 0.850. The second kappa shape index (κ2) is 6.06. The first-order valence-electron chi connectivity index (χ1n) is 7.82. The lowest BCUT2D eigenvalue weighted by molar-refractivity contribution is -0.134. The summed E-state index contributed by atoms with van der Waals surface area (Å²) in [5.41, 5.74) is 2.49. The zero-order valence-corrected chi connectivity index (χ0v) is 13.0. The number of nitrogens with zero attached hydrogens (tertiary/aromatic N) is 2. The Morgan fingerprint density at radius 3 is 2.52 bits per heavy atom. The van der Waals surface area contributed by atoms with Crippen LogP contribution in [0.15, 0.2) is 18.2 Å². The molecule has 21 heavy (non-hydrogen) atoms. The van der Waals surface area contributed by atoms with E-state index in [0.717, 1.165) is 51.3 Å². The van der Waals surface area contributed by atoms with Crippen molar-refractivity contribution >= 4 is 5.91 Å². The Balaban J connectivity index is 1.53. The van der Waals surface area contributed by atoms with Crippen molar-refractivity contribution in [1.29, 1.82) is 0 Å². The minimum Gasteiger partial charge on any atom is -0.496 e. The molecule has 1 saturated carbocycles. The van der Waals surface area contributed by atoms with Gasteiger partial charge in [-0.05, 0) is 37.0 Å². The van der Waals surface area contributed by atoms with Gasteiger partial charge in [-0.1, -0.05) is 12.1 Å². The fourth-order valence-electron chi connectivity index (χ4n) is 3.01. The van der Waals surface area contributed by atoms with Crippen molar-refractivity contribution in [2.45, 2.75) is 26.3 Å². The number of methoxy groups -OCH3 is 1. The predicted molar refractivity (Wildman–Crippen MR) is 82.3 cm³/mol. The van der Waals surface area contributed by atoms with Crippen molar-refractivity contribution < 1.29 is 9.53 Å². The Labute approximate surface area is 126 Å². The summed E-state index contributed by atoms with van der Waals surface area (Å²) in [6, 6.07) is 6.37. The Morgan fingerprint density at radius 1 is 1.24 bits per heavy atom. The van der Waals surface area contributed by atoms with Crippen molar-refractivity contribution in [2.75, 3.05) is 33.3 Å². The number of carbonyl (C=O) groups excluding carboxylic acids is 1. The van der Waals surface area contributed by atoms with Crippen LogP contribution in [0.2, 0.25) is 0 Å². The molecule has 0 N–H and O–H groups in total. The van der Waals surface area contributed by atoms with E-state index in [9.17, 15) is 4.79 Å². The summed E-state index contributed by atoms with van der Waals surface area (Å²) in [7, 11) is 1.71. The highest BCUT2D eigenvalue weighted by atomic mass is 16.5. The van der Waals surface area contributed by atoms with E-state index in [1.54, 1.807) is 7.11 Å². The molecule has 3 rings (SSSR count). The van der Waals surface area contributed by atoms with Gasteiger partial charge in [-0.2, -0.15) is 0 Å². The van der Waals surface area contributed by atoms with Gasteiger partial charge in [-0.25, -0.2) is 0 Å². The van der Waals surface area contributed by atoms with E-state index in [1.807, 2.05) is 11.0 Å². The summed E-state index contributed by atoms with van der Waals surface area (Å²) in [6.07, 6.45) is 2.20. The fourth-order valence-corrected chi connectivity index (χ4v) is 3.01. The highest BCUT2D eigenvalue weighted by Gasteiger charge is 2.34. The normalized spacial score (nSPS) is 19.6. The summed E-state index contributed by atoms with van der Waals surface area (Å²) >= 11 is 0. The molecule has 0 aromatic heterocycles. The summed E-state index contributed by atoms with van der Waals surface area (Å²) in [5.74, 6) is 1.68. The number of piperazine rings is 1. The van der Waals surface area contributed by atoms with Gasteiger partial charge in [0, 0.05) is 38.6 Å². The van der Waals surface area contributed by atoms with Gasteiger partial charge in [-0.3, -0.25) is 9.69 Å². The fraction of sp³-hybridized carbons (Fsp3) is 0.588. The molecule has 2 fully saturated rings. The molecule has 4 nitrogen and oxygen atoms in total. The second-order valence-corrected chi connectivity index (χ2v) is 6.18. The van der Waals surface area contributed by atoms with Gasteiger partial charge in [-0.15, -0.1) is 0 Å². The number of rotatable bonds is 4. The zero-order chi connectivity index (χ0) is 14.8. The van der Waals surface area contributed by atoms with Crippen molar-refractivity contribution in [1.82, 2.24) is 9.80 Å². The minimum absolute atomic E-state index is 0.348. The lowest BCUT2D eigenvalue weighted by atomic mass is 10.1. The molecule has 0 atom stereocenters. The zero-order valence-electron chi connectivity index (χ0n) is 13.0. The molecule has 1 aliphatic carbocycles. The standard InChI is InChI=1S/C17H24N2O2/c1-13-11-14(3-6-16(13)21-2)12-18-7-9-19(10-8-18)17(20)15-4-5-15/h3,6,11,15H,4-5,7-10,12H2,1-2H3. The summed E-state index contributed by atoms with van der Waals surface area (Å²) < 4.78 is 5.30. The third-order valence-electron chi connectivity index (χ3n) is 4.48. The average molecular weight is 288 g/mol. The average Bonchev–Trinajstić information content (AvgIpc) is 3.32. The van der Waals surface area contributed by atoms with Crippen LogP contribution in [0.5, 0.6) is 5.75 Å². The number of amides is 1. The molecule has 2 aliphatic rings. The van der Waals surface area contributed by atoms with E-state index >= 15 is 0 Å². The number of carbonyl (C=O) groups is 1. The molecular formula is C17H24N2O2. The van der Waals surface area contributed by atoms with E-state index in [1.165, 1.54) is 11.1 Å². The molecule has 1 aromatic rings. The van der Waals surface area contributed by atoms with E-state index in [0.29, 0.717) is 11.8 Å². The van der Waals surface area contributed by atoms with Crippen LogP contribution < -0.4 is 4.74 Å². The summed E-state index contributed by atoms with van der Waals surface area (Å²) in [5, 5.41) is 0. The first kappa shape index (κ1) is 14.4. The maximum atomic E-state index is 12.0. The van der Waals surface area contributed by atoms with E-state index < -0.39 is 0 Å². The van der Waals surface area contributed by atoms with Crippen LogP contribution in [0.3, 0.4) is 0 Å². The second-order valence-electron chi connectivity index (χ2n) is 6.18. The van der Waals surface area contributed by atoms with Crippen molar-refractivity contribution in [2.24, 2.45) is 5.92 Å². The predicted octanol–water partition coefficient (Wildman–Crippen LogP) is 2.06. The summed E-state index contributed by atoms with van der Waals surface area (Å²) in [4.78, 5) is 16.5. The van der Waals surface area contributed by atoms with Gasteiger partial charge >= 0.3 is 0 Å². The van der Waals surface area contributed by atoms with Crippen LogP contribution in [-0.2, 0) is 11.3 Å². The molecule has 0 radical (unpaired) electrons. The van der Waals surface area contributed by atoms with Crippen LogP contribution >= 0.6 is 0 Å². The van der Waals surface area contributed by atoms with Gasteiger partial charge in [0.15, 0.2) is 0 Å². The van der Waals surface area contributed by atoms with Gasteiger partial charge < -0.3 is 9.64 Å². The molecule has 1 aromatic carbocycles. The number of hydrogen-bond acceptors (Lipinski definition) is 3. The Kier molecular flexibility index (Phi) is 4.15. The van der Waals surface area contributed by atoms with E-state index in [2.05, 4.69) is 24.0 Å². The monoisotopic (exact) mass is 288 g/mol. The third kappa shape index (κ3) is 3.38. The molecule has 0 bridgehead atoms. The topological polar surface area (TPSA) is 32.8 Å². The smallest absolute Gasteiger partial charge is 0.225 e. The molecule has 1 saturated heterocycles. The number of hydrogen-bond donors (Lipinski definition) is 0. The molecule has 0 spiro atoms. The van der Waals surface area contributed by atoms with Crippen molar-refractivity contribution in [3.8, 4) is 5.75 Å². The Morgan fingerprint density at radius 2 is 1.95 bits per heavy atom. The van der Waals surface area contributed by atoms with Crippen LogP contribution in [0.25, 0.3) is 0 Å². The van der Waals surface area contributed by atoms with Crippen LogP contribution in [-0.4, -0.2) is 49.0 Å². The van der Waals surface area contributed by atoms with E-state index in [4.69, 9.17) is 4.74 Å². The van der Waals surface area contributed by atoms with Crippen LogP contribution in [0.4, 0.5) is 0 Å². The molecule has 0 unspecified atom stereocenters. The largest absolute Gasteiger partial charge is 0.496 e. The van der Waals surface area contributed by atoms with Crippen molar-refractivity contribution in [3.05, 3.63) is 29.3 Å². The number of benzene rings is 1. The molecule has 1 amide bonds. The van der Waals surface area contributed by atoms with Crippen LogP contribution in [0, 0.1) is 12.8 Å². The lowest BCUT2D eigenvalue weighted by Crippen LogP contribution is -2.48. The highest BCUT2D eigenvalue weighted by molar-refractivity contribution is 5.81. The van der Waals surface area contributed by atoms with Gasteiger partial charge in [0.2, 0.25) is 5.91 Å². The number of ether oxygens (including phenoxy) is 1. The first-order valence-corrected chi connectivity index (χ1v) is 7.82. The van der Waals surface area contributed by atoms with Gasteiger partial charge in [0.05, 0.1) is 7.11 Å². The summed E-state index contributed by atoms with van der Waals surface area (Å²) in [6.45, 7) is 6.74. The number of aryl methyl sites for hydroxylation is 1. The van der Waals surface area contributed by atoms with E-state index in [-0.39, 0.29) is 0 Å². The first-order chi connectivity index (χ1) is 10.2. The highest BCUT2D eigenvalue weighted by Crippen LogP contribution is 2.31. The molecule has 4 heteroatoms. The Bertz CT molecular complexity index is 518.